The molecule has 0 saturated heterocycles. The summed E-state index contributed by atoms with van der Waals surface area (Å²) in [6.45, 7) is 3.77. The largest absolute Gasteiger partial charge is 0.465 e. The first-order chi connectivity index (χ1) is 17.1. The zero-order chi connectivity index (χ0) is 24.7. The van der Waals surface area contributed by atoms with Crippen LogP contribution >= 0.6 is 0 Å². The Morgan fingerprint density at radius 1 is 0.771 bits per heavy atom. The van der Waals surface area contributed by atoms with Crippen LogP contribution in [0, 0.1) is 5.92 Å². The number of hydrogen-bond acceptors (Lipinski definition) is 6. The number of benzene rings is 3. The van der Waals surface area contributed by atoms with Crippen molar-refractivity contribution in [3.8, 4) is 0 Å². The number of esters is 2. The Bertz CT molecular complexity index is 1120. The van der Waals surface area contributed by atoms with E-state index in [-0.39, 0.29) is 13.2 Å². The van der Waals surface area contributed by atoms with Crippen molar-refractivity contribution in [3.05, 3.63) is 108 Å². The highest BCUT2D eigenvalue weighted by Crippen LogP contribution is 2.43. The summed E-state index contributed by atoms with van der Waals surface area (Å²) in [6.07, 6.45) is -0.721. The molecule has 1 heterocycles. The summed E-state index contributed by atoms with van der Waals surface area (Å²) in [7, 11) is 0. The highest BCUT2D eigenvalue weighted by Gasteiger charge is 2.55. The van der Waals surface area contributed by atoms with Gasteiger partial charge in [-0.1, -0.05) is 96.2 Å². The molecular formula is C29H29NO5. The number of ether oxygens (including phenoxy) is 2. The first-order valence-electron chi connectivity index (χ1n) is 11.8. The number of carbonyl (C=O) groups excluding carboxylic acids is 2. The van der Waals surface area contributed by atoms with Gasteiger partial charge >= 0.3 is 11.9 Å². The molecule has 4 rings (SSSR count). The zero-order valence-electron chi connectivity index (χ0n) is 19.9. The van der Waals surface area contributed by atoms with Gasteiger partial charge in [0.25, 0.3) is 0 Å². The molecule has 180 valence electrons. The predicted molar refractivity (Wildman–Crippen MR) is 133 cm³/mol. The molecule has 3 aromatic carbocycles. The molecule has 0 unspecified atom stereocenters. The van der Waals surface area contributed by atoms with Gasteiger partial charge in [-0.3, -0.25) is 4.79 Å². The lowest BCUT2D eigenvalue weighted by molar-refractivity contribution is -0.164. The maximum absolute atomic E-state index is 13.3. The van der Waals surface area contributed by atoms with Gasteiger partial charge in [-0.2, -0.15) is 0 Å². The highest BCUT2D eigenvalue weighted by atomic mass is 16.7. The summed E-state index contributed by atoms with van der Waals surface area (Å²) in [6, 6.07) is 29.8. The first-order valence-corrected chi connectivity index (χ1v) is 11.8. The van der Waals surface area contributed by atoms with E-state index in [4.69, 9.17) is 14.3 Å². The quantitative estimate of drug-likeness (QED) is 0.423. The van der Waals surface area contributed by atoms with Crippen molar-refractivity contribution < 1.29 is 23.9 Å². The zero-order valence-corrected chi connectivity index (χ0v) is 19.9. The molecule has 6 nitrogen and oxygen atoms in total. The summed E-state index contributed by atoms with van der Waals surface area (Å²) in [5.74, 6) is -2.26. The van der Waals surface area contributed by atoms with Crippen LogP contribution < -0.4 is 0 Å². The third-order valence-corrected chi connectivity index (χ3v) is 6.20. The normalized spacial score (nSPS) is 17.3. The molecule has 35 heavy (non-hydrogen) atoms. The molecule has 0 saturated carbocycles. The molecule has 0 aromatic heterocycles. The van der Waals surface area contributed by atoms with Crippen LogP contribution in [0.5, 0.6) is 0 Å². The van der Waals surface area contributed by atoms with Crippen molar-refractivity contribution in [2.45, 2.75) is 31.8 Å². The summed E-state index contributed by atoms with van der Waals surface area (Å²) in [5, 5.41) is 4.44. The minimum absolute atomic E-state index is 0.163. The van der Waals surface area contributed by atoms with Gasteiger partial charge < -0.3 is 14.3 Å². The summed E-state index contributed by atoms with van der Waals surface area (Å²) in [5.41, 5.74) is 2.43. The van der Waals surface area contributed by atoms with Gasteiger partial charge in [0.15, 0.2) is 5.92 Å². The van der Waals surface area contributed by atoms with Crippen molar-refractivity contribution in [2.75, 3.05) is 13.2 Å². The van der Waals surface area contributed by atoms with E-state index in [0.717, 1.165) is 16.7 Å². The molecule has 2 atom stereocenters. The van der Waals surface area contributed by atoms with E-state index in [0.29, 0.717) is 12.1 Å². The van der Waals surface area contributed by atoms with Crippen LogP contribution in [0.1, 0.15) is 30.5 Å². The van der Waals surface area contributed by atoms with Crippen LogP contribution in [-0.2, 0) is 35.7 Å². The van der Waals surface area contributed by atoms with Crippen LogP contribution in [0.4, 0.5) is 0 Å². The van der Waals surface area contributed by atoms with Crippen LogP contribution in [0.15, 0.2) is 96.2 Å². The van der Waals surface area contributed by atoms with Gasteiger partial charge in [-0.25, -0.2) is 4.79 Å². The maximum Gasteiger partial charge on any atom is 0.351 e. The minimum Gasteiger partial charge on any atom is -0.465 e. The average Bonchev–Trinajstić information content (AvgIpc) is 3.35. The molecular weight excluding hydrogens is 442 g/mol. The standard InChI is InChI=1S/C29H29NO5/c1-3-33-27(31)24-25(28(32)34-4-2)35-30-26(24)29(22-16-10-6-11-17-22,23-18-12-7-13-19-23)20-21-14-8-5-9-15-21/h5-19,24-25H,3-4,20H2,1-2H3/t24-,25+/m0/s1. The second-order valence-electron chi connectivity index (χ2n) is 8.28. The molecule has 0 N–H and O–H groups in total. The van der Waals surface area contributed by atoms with E-state index in [9.17, 15) is 9.59 Å². The fraction of sp³-hybridized carbons (Fsp3) is 0.276. The molecule has 1 aliphatic rings. The summed E-state index contributed by atoms with van der Waals surface area (Å²) < 4.78 is 10.7. The minimum atomic E-state index is -1.22. The number of rotatable bonds is 9. The molecule has 6 heteroatoms. The molecule has 3 aromatic rings. The van der Waals surface area contributed by atoms with E-state index in [1.807, 2.05) is 91.0 Å². The number of carbonyl (C=O) groups is 2. The van der Waals surface area contributed by atoms with Crippen molar-refractivity contribution in [1.82, 2.24) is 0 Å². The van der Waals surface area contributed by atoms with E-state index in [1.54, 1.807) is 13.8 Å². The molecule has 0 fully saturated rings. The van der Waals surface area contributed by atoms with E-state index < -0.39 is 29.4 Å². The Hall–Kier alpha value is -3.93. The Morgan fingerprint density at radius 3 is 1.77 bits per heavy atom. The fourth-order valence-electron chi connectivity index (χ4n) is 4.69. The molecule has 0 amide bonds. The first kappa shape index (κ1) is 24.2. The Morgan fingerprint density at radius 2 is 1.26 bits per heavy atom. The Kier molecular flexibility index (Phi) is 7.60. The van der Waals surface area contributed by atoms with Gasteiger partial charge in [0.05, 0.1) is 24.3 Å². The average molecular weight is 472 g/mol. The topological polar surface area (TPSA) is 74.2 Å². The van der Waals surface area contributed by atoms with Crippen molar-refractivity contribution in [2.24, 2.45) is 11.1 Å². The lowest BCUT2D eigenvalue weighted by Crippen LogP contribution is -2.49. The molecule has 0 radical (unpaired) electrons. The van der Waals surface area contributed by atoms with Crippen molar-refractivity contribution in [1.29, 1.82) is 0 Å². The fourth-order valence-corrected chi connectivity index (χ4v) is 4.69. The summed E-state index contributed by atoms with van der Waals surface area (Å²) >= 11 is 0. The molecule has 0 aliphatic carbocycles. The van der Waals surface area contributed by atoms with Crippen LogP contribution in [0.2, 0.25) is 0 Å². The van der Waals surface area contributed by atoms with Gasteiger partial charge in [-0.15, -0.1) is 0 Å². The third kappa shape index (κ3) is 4.83. The monoisotopic (exact) mass is 471 g/mol. The molecule has 0 spiro atoms. The Labute approximate surface area is 205 Å². The predicted octanol–water partition coefficient (Wildman–Crippen LogP) is 4.71. The second kappa shape index (κ2) is 11.0. The second-order valence-corrected chi connectivity index (χ2v) is 8.28. The lowest BCUT2D eigenvalue weighted by Gasteiger charge is -2.37. The van der Waals surface area contributed by atoms with Gasteiger partial charge in [0.2, 0.25) is 6.10 Å². The van der Waals surface area contributed by atoms with Gasteiger partial charge in [0.1, 0.15) is 0 Å². The van der Waals surface area contributed by atoms with Crippen LogP contribution in [-0.4, -0.2) is 37.0 Å². The molecule has 1 aliphatic heterocycles. The van der Waals surface area contributed by atoms with E-state index >= 15 is 0 Å². The van der Waals surface area contributed by atoms with E-state index in [2.05, 4.69) is 5.16 Å². The Balaban J connectivity index is 1.96. The van der Waals surface area contributed by atoms with Gasteiger partial charge in [-0.05, 0) is 37.0 Å². The van der Waals surface area contributed by atoms with Crippen molar-refractivity contribution >= 4 is 17.7 Å². The van der Waals surface area contributed by atoms with Crippen LogP contribution in [0.25, 0.3) is 0 Å². The van der Waals surface area contributed by atoms with Gasteiger partial charge in [0, 0.05) is 0 Å². The number of hydrogen-bond donors (Lipinski definition) is 0. The smallest absolute Gasteiger partial charge is 0.351 e. The van der Waals surface area contributed by atoms with Crippen molar-refractivity contribution in [3.63, 3.8) is 0 Å². The van der Waals surface area contributed by atoms with E-state index in [1.165, 1.54) is 0 Å². The SMILES string of the molecule is CCOC(=O)[C@@H]1C(C(Cc2ccccc2)(c2ccccc2)c2ccccc2)=NO[C@H]1C(=O)OCC. The summed E-state index contributed by atoms with van der Waals surface area (Å²) in [4.78, 5) is 31.8. The van der Waals surface area contributed by atoms with Crippen LogP contribution in [0.3, 0.4) is 0 Å². The maximum atomic E-state index is 13.3. The number of oxime groups is 1. The molecule has 0 bridgehead atoms. The highest BCUT2D eigenvalue weighted by molar-refractivity contribution is 6.13. The lowest BCUT2D eigenvalue weighted by atomic mass is 9.64. The third-order valence-electron chi connectivity index (χ3n) is 6.20. The number of nitrogens with zero attached hydrogens (tertiary/aromatic N) is 1.